The van der Waals surface area contributed by atoms with Gasteiger partial charge in [0.15, 0.2) is 0 Å². The first-order valence-corrected chi connectivity index (χ1v) is 2.92. The van der Waals surface area contributed by atoms with E-state index in [1.165, 1.54) is 6.92 Å². The van der Waals surface area contributed by atoms with E-state index in [0.717, 1.165) is 0 Å². The molecule has 0 atom stereocenters. The zero-order valence-electron chi connectivity index (χ0n) is 5.53. The smallest absolute Gasteiger partial charge is 0.249 e. The Morgan fingerprint density at radius 1 is 1.56 bits per heavy atom. The molecule has 54 valence electrons. The van der Waals surface area contributed by atoms with Crippen LogP contribution >= 0.6 is 0 Å². The number of rotatable bonds is 4. The van der Waals surface area contributed by atoms with Crippen LogP contribution in [-0.2, 0) is 0 Å². The summed E-state index contributed by atoms with van der Waals surface area (Å²) < 4.78 is 24.5. The van der Waals surface area contributed by atoms with Gasteiger partial charge in [0.2, 0.25) is 5.92 Å². The second-order valence-electron chi connectivity index (χ2n) is 1.91. The van der Waals surface area contributed by atoms with Crippen LogP contribution in [0, 0.1) is 0 Å². The van der Waals surface area contributed by atoms with Gasteiger partial charge in [0, 0.05) is 19.4 Å². The number of aliphatic imine (C=N–C) groups is 1. The highest BCUT2D eigenvalue weighted by Gasteiger charge is 2.24. The molecular formula is C6H11F2N. The average Bonchev–Trinajstić information content (AvgIpc) is 1.84. The summed E-state index contributed by atoms with van der Waals surface area (Å²) in [4.78, 5) is 3.34. The van der Waals surface area contributed by atoms with Crippen LogP contribution in [0.1, 0.15) is 19.8 Å². The molecule has 0 bridgehead atoms. The molecule has 0 aromatic carbocycles. The van der Waals surface area contributed by atoms with E-state index in [0.29, 0.717) is 0 Å². The highest BCUT2D eigenvalue weighted by atomic mass is 19.3. The van der Waals surface area contributed by atoms with Crippen molar-refractivity contribution in [3.8, 4) is 0 Å². The van der Waals surface area contributed by atoms with Crippen LogP contribution in [0.15, 0.2) is 4.99 Å². The standard InChI is InChI=1S/C6H11F2N/c1-3-6(7,8)4-5-9-2/h2-5H2,1H3. The topological polar surface area (TPSA) is 12.4 Å². The van der Waals surface area contributed by atoms with Gasteiger partial charge < -0.3 is 4.99 Å². The maximum Gasteiger partial charge on any atom is 0.249 e. The van der Waals surface area contributed by atoms with Gasteiger partial charge in [-0.2, -0.15) is 0 Å². The molecule has 0 radical (unpaired) electrons. The summed E-state index contributed by atoms with van der Waals surface area (Å²) in [5.41, 5.74) is 0. The van der Waals surface area contributed by atoms with Crippen molar-refractivity contribution in [3.63, 3.8) is 0 Å². The molecule has 0 aromatic rings. The number of halogens is 2. The molecular weight excluding hydrogens is 124 g/mol. The Hall–Kier alpha value is -0.470. The zero-order valence-corrected chi connectivity index (χ0v) is 5.53. The molecule has 0 spiro atoms. The Balaban J connectivity index is 3.44. The van der Waals surface area contributed by atoms with Gasteiger partial charge in [0.25, 0.3) is 0 Å². The second kappa shape index (κ2) is 3.54. The van der Waals surface area contributed by atoms with E-state index < -0.39 is 5.92 Å². The van der Waals surface area contributed by atoms with Gasteiger partial charge in [-0.25, -0.2) is 8.78 Å². The van der Waals surface area contributed by atoms with Crippen molar-refractivity contribution in [2.24, 2.45) is 4.99 Å². The Morgan fingerprint density at radius 3 is 2.44 bits per heavy atom. The molecule has 0 rings (SSSR count). The highest BCUT2D eigenvalue weighted by molar-refractivity contribution is 5.23. The average molecular weight is 135 g/mol. The normalized spacial score (nSPS) is 11.4. The van der Waals surface area contributed by atoms with Gasteiger partial charge >= 0.3 is 0 Å². The quantitative estimate of drug-likeness (QED) is 0.523. The largest absolute Gasteiger partial charge is 0.301 e. The fraction of sp³-hybridized carbons (Fsp3) is 0.833. The predicted molar refractivity (Wildman–Crippen MR) is 34.3 cm³/mol. The lowest BCUT2D eigenvalue weighted by Crippen LogP contribution is -2.15. The van der Waals surface area contributed by atoms with Crippen molar-refractivity contribution in [2.45, 2.75) is 25.7 Å². The molecule has 0 saturated heterocycles. The SMILES string of the molecule is C=NCCC(F)(F)CC. The molecule has 0 aromatic heterocycles. The Kier molecular flexibility index (Phi) is 3.35. The molecule has 0 heterocycles. The lowest BCUT2D eigenvalue weighted by atomic mass is 10.2. The molecule has 0 N–H and O–H groups in total. The summed E-state index contributed by atoms with van der Waals surface area (Å²) in [6.45, 7) is 4.73. The van der Waals surface area contributed by atoms with Crippen molar-refractivity contribution in [1.82, 2.24) is 0 Å². The van der Waals surface area contributed by atoms with E-state index >= 15 is 0 Å². The van der Waals surface area contributed by atoms with Gasteiger partial charge in [-0.05, 0) is 6.72 Å². The minimum absolute atomic E-state index is 0.109. The minimum Gasteiger partial charge on any atom is -0.301 e. The molecule has 0 saturated carbocycles. The van der Waals surface area contributed by atoms with Crippen LogP contribution in [0.25, 0.3) is 0 Å². The summed E-state index contributed by atoms with van der Waals surface area (Å²) in [7, 11) is 0. The second-order valence-corrected chi connectivity index (χ2v) is 1.91. The van der Waals surface area contributed by atoms with Crippen LogP contribution in [0.4, 0.5) is 8.78 Å². The summed E-state index contributed by atoms with van der Waals surface area (Å²) in [5, 5.41) is 0. The molecule has 0 unspecified atom stereocenters. The number of hydrogen-bond acceptors (Lipinski definition) is 1. The summed E-state index contributed by atoms with van der Waals surface area (Å²) >= 11 is 0. The van der Waals surface area contributed by atoms with E-state index in [9.17, 15) is 8.78 Å². The molecule has 9 heavy (non-hydrogen) atoms. The highest BCUT2D eigenvalue weighted by Crippen LogP contribution is 2.21. The maximum atomic E-state index is 12.3. The fourth-order valence-electron chi connectivity index (χ4n) is 0.419. The van der Waals surface area contributed by atoms with E-state index in [4.69, 9.17) is 0 Å². The van der Waals surface area contributed by atoms with Crippen LogP contribution in [0.5, 0.6) is 0 Å². The van der Waals surface area contributed by atoms with Crippen LogP contribution in [-0.4, -0.2) is 19.2 Å². The monoisotopic (exact) mass is 135 g/mol. The number of hydrogen-bond donors (Lipinski definition) is 0. The molecule has 0 amide bonds. The zero-order chi connectivity index (χ0) is 7.33. The van der Waals surface area contributed by atoms with Crippen LogP contribution < -0.4 is 0 Å². The van der Waals surface area contributed by atoms with Gasteiger partial charge in [-0.15, -0.1) is 0 Å². The maximum absolute atomic E-state index is 12.3. The van der Waals surface area contributed by atoms with E-state index in [2.05, 4.69) is 11.7 Å². The van der Waals surface area contributed by atoms with Crippen molar-refractivity contribution in [2.75, 3.05) is 6.54 Å². The van der Waals surface area contributed by atoms with Crippen LogP contribution in [0.2, 0.25) is 0 Å². The molecule has 0 aliphatic heterocycles. The third kappa shape index (κ3) is 4.06. The van der Waals surface area contributed by atoms with Crippen molar-refractivity contribution in [1.29, 1.82) is 0 Å². The van der Waals surface area contributed by atoms with Gasteiger partial charge in [-0.3, -0.25) is 0 Å². The van der Waals surface area contributed by atoms with Crippen molar-refractivity contribution < 1.29 is 8.78 Å². The molecule has 0 fully saturated rings. The first-order chi connectivity index (χ1) is 4.12. The van der Waals surface area contributed by atoms with Crippen LogP contribution in [0.3, 0.4) is 0 Å². The number of nitrogens with zero attached hydrogens (tertiary/aromatic N) is 1. The Bertz CT molecular complexity index is 91.1. The first-order valence-electron chi connectivity index (χ1n) is 2.92. The summed E-state index contributed by atoms with van der Waals surface area (Å²) in [6, 6.07) is 0. The molecule has 0 aliphatic carbocycles. The third-order valence-corrected chi connectivity index (χ3v) is 1.15. The third-order valence-electron chi connectivity index (χ3n) is 1.15. The van der Waals surface area contributed by atoms with E-state index in [1.54, 1.807) is 0 Å². The molecule has 0 aliphatic rings. The van der Waals surface area contributed by atoms with Crippen molar-refractivity contribution in [3.05, 3.63) is 0 Å². The van der Waals surface area contributed by atoms with Gasteiger partial charge in [-0.1, -0.05) is 6.92 Å². The van der Waals surface area contributed by atoms with Gasteiger partial charge in [0.1, 0.15) is 0 Å². The summed E-state index contributed by atoms with van der Waals surface area (Å²) in [5.74, 6) is -2.54. The fourth-order valence-corrected chi connectivity index (χ4v) is 0.419. The van der Waals surface area contributed by atoms with Crippen molar-refractivity contribution >= 4 is 6.72 Å². The van der Waals surface area contributed by atoms with E-state index in [-0.39, 0.29) is 19.4 Å². The molecule has 3 heteroatoms. The Labute approximate surface area is 53.8 Å². The minimum atomic E-state index is -2.54. The van der Waals surface area contributed by atoms with E-state index in [1.807, 2.05) is 0 Å². The lowest BCUT2D eigenvalue weighted by molar-refractivity contribution is -0.00860. The Morgan fingerprint density at radius 2 is 2.11 bits per heavy atom. The number of alkyl halides is 2. The predicted octanol–water partition coefficient (Wildman–Crippen LogP) is 2.12. The molecule has 1 nitrogen and oxygen atoms in total. The summed E-state index contributed by atoms with van der Waals surface area (Å²) in [6.07, 6.45) is -0.282. The lowest BCUT2D eigenvalue weighted by Gasteiger charge is -2.10. The van der Waals surface area contributed by atoms with Gasteiger partial charge in [0.05, 0.1) is 0 Å². The first kappa shape index (κ1) is 8.53.